The Morgan fingerprint density at radius 3 is 2.30 bits per heavy atom. The Kier molecular flexibility index (Phi) is 5.19. The number of aliphatic carboxylic acids is 1. The van der Waals surface area contributed by atoms with Gasteiger partial charge in [0, 0.05) is 22.0 Å². The molecule has 3 rings (SSSR count). The summed E-state index contributed by atoms with van der Waals surface area (Å²) in [5.41, 5.74) is 3.63. The molecule has 0 saturated heterocycles. The fourth-order valence-corrected chi connectivity index (χ4v) is 3.38. The first-order valence-corrected chi connectivity index (χ1v) is 8.60. The number of carboxylic acids is 1. The van der Waals surface area contributed by atoms with Gasteiger partial charge in [0.2, 0.25) is 0 Å². The predicted molar refractivity (Wildman–Crippen MR) is 104 cm³/mol. The molecule has 0 atom stereocenters. The van der Waals surface area contributed by atoms with Crippen LogP contribution >= 0.6 is 11.6 Å². The van der Waals surface area contributed by atoms with Crippen LogP contribution in [0.3, 0.4) is 0 Å². The van der Waals surface area contributed by atoms with Gasteiger partial charge in [-0.25, -0.2) is 0 Å². The number of halogens is 1. The Morgan fingerprint density at radius 1 is 1.07 bits per heavy atom. The van der Waals surface area contributed by atoms with Gasteiger partial charge in [-0.2, -0.15) is 0 Å². The van der Waals surface area contributed by atoms with Gasteiger partial charge in [0.25, 0.3) is 0 Å². The summed E-state index contributed by atoms with van der Waals surface area (Å²) in [6.45, 7) is 1.89. The van der Waals surface area contributed by atoms with Gasteiger partial charge >= 0.3 is 5.97 Å². The van der Waals surface area contributed by atoms with Crippen molar-refractivity contribution < 1.29 is 24.1 Å². The SMILES string of the molecule is COc1cc(OC)c(-c2[nH]c3c(C)c(Cl)ccc3c2CC(=O)O)cc1OC. The number of aromatic amines is 1. The summed E-state index contributed by atoms with van der Waals surface area (Å²) >= 11 is 6.25. The number of hydrogen-bond donors (Lipinski definition) is 2. The van der Waals surface area contributed by atoms with Gasteiger partial charge in [-0.15, -0.1) is 0 Å². The van der Waals surface area contributed by atoms with Crippen molar-refractivity contribution in [2.75, 3.05) is 21.3 Å². The number of aromatic nitrogens is 1. The highest BCUT2D eigenvalue weighted by Gasteiger charge is 2.22. The summed E-state index contributed by atoms with van der Waals surface area (Å²) in [4.78, 5) is 14.8. The van der Waals surface area contributed by atoms with E-state index < -0.39 is 5.97 Å². The van der Waals surface area contributed by atoms with E-state index in [1.807, 2.05) is 13.0 Å². The van der Waals surface area contributed by atoms with E-state index in [1.54, 1.807) is 39.5 Å². The first-order valence-electron chi connectivity index (χ1n) is 8.23. The number of aryl methyl sites for hydroxylation is 1. The molecule has 2 aromatic carbocycles. The van der Waals surface area contributed by atoms with E-state index >= 15 is 0 Å². The first kappa shape index (κ1) is 18.9. The average Bonchev–Trinajstić information content (AvgIpc) is 3.01. The van der Waals surface area contributed by atoms with Gasteiger partial charge in [0.15, 0.2) is 11.5 Å². The molecule has 142 valence electrons. The molecule has 0 aliphatic carbocycles. The Morgan fingerprint density at radius 2 is 1.70 bits per heavy atom. The van der Waals surface area contributed by atoms with Crippen molar-refractivity contribution in [1.29, 1.82) is 0 Å². The van der Waals surface area contributed by atoms with E-state index in [1.165, 1.54) is 0 Å². The smallest absolute Gasteiger partial charge is 0.307 e. The molecule has 0 aliphatic heterocycles. The Labute approximate surface area is 161 Å². The number of methoxy groups -OCH3 is 3. The fraction of sp³-hybridized carbons (Fsp3) is 0.250. The second kappa shape index (κ2) is 7.40. The standard InChI is InChI=1S/C20H20ClNO5/c1-10-14(21)6-5-11-12(8-18(23)24)20(22-19(10)11)13-7-16(26-3)17(27-4)9-15(13)25-2/h5-7,9,22H,8H2,1-4H3,(H,23,24). The zero-order valence-electron chi connectivity index (χ0n) is 15.5. The lowest BCUT2D eigenvalue weighted by Crippen LogP contribution is -2.02. The lowest BCUT2D eigenvalue weighted by atomic mass is 10.0. The minimum atomic E-state index is -0.927. The van der Waals surface area contributed by atoms with Crippen molar-refractivity contribution >= 4 is 28.5 Å². The highest BCUT2D eigenvalue weighted by molar-refractivity contribution is 6.32. The van der Waals surface area contributed by atoms with E-state index in [-0.39, 0.29) is 6.42 Å². The summed E-state index contributed by atoms with van der Waals surface area (Å²) in [5, 5.41) is 10.9. The van der Waals surface area contributed by atoms with Crippen LogP contribution in [0.25, 0.3) is 22.2 Å². The van der Waals surface area contributed by atoms with Crippen LogP contribution in [0, 0.1) is 6.92 Å². The van der Waals surface area contributed by atoms with E-state index in [2.05, 4.69) is 4.98 Å². The molecule has 6 nitrogen and oxygen atoms in total. The minimum absolute atomic E-state index is 0.145. The molecule has 1 aromatic heterocycles. The Balaban J connectivity index is 2.36. The van der Waals surface area contributed by atoms with Crippen LogP contribution in [0.4, 0.5) is 0 Å². The van der Waals surface area contributed by atoms with Gasteiger partial charge in [-0.1, -0.05) is 17.7 Å². The molecule has 0 unspecified atom stereocenters. The molecule has 3 aromatic rings. The number of ether oxygens (including phenoxy) is 3. The zero-order valence-corrected chi connectivity index (χ0v) is 16.2. The number of carbonyl (C=O) groups is 1. The lowest BCUT2D eigenvalue weighted by molar-refractivity contribution is -0.136. The lowest BCUT2D eigenvalue weighted by Gasteiger charge is -2.14. The summed E-state index contributed by atoms with van der Waals surface area (Å²) < 4.78 is 16.3. The predicted octanol–water partition coefficient (Wildman–Crippen LogP) is 4.45. The summed E-state index contributed by atoms with van der Waals surface area (Å²) in [5.74, 6) is 0.648. The molecular formula is C20H20ClNO5. The third kappa shape index (κ3) is 3.28. The third-order valence-electron chi connectivity index (χ3n) is 4.58. The summed E-state index contributed by atoms with van der Waals surface area (Å²) in [7, 11) is 4.63. The van der Waals surface area contributed by atoms with Gasteiger partial charge < -0.3 is 24.3 Å². The van der Waals surface area contributed by atoms with Crippen LogP contribution in [0.2, 0.25) is 5.02 Å². The number of nitrogens with one attached hydrogen (secondary N) is 1. The molecule has 0 saturated carbocycles. The van der Waals surface area contributed by atoms with E-state index in [9.17, 15) is 9.90 Å². The normalized spacial score (nSPS) is 10.9. The Hall–Kier alpha value is -2.86. The van der Waals surface area contributed by atoms with Crippen LogP contribution < -0.4 is 14.2 Å². The third-order valence-corrected chi connectivity index (χ3v) is 4.99. The largest absolute Gasteiger partial charge is 0.496 e. The Bertz CT molecular complexity index is 1030. The van der Waals surface area contributed by atoms with Crippen molar-refractivity contribution in [3.63, 3.8) is 0 Å². The molecule has 7 heteroatoms. The molecule has 2 N–H and O–H groups in total. The van der Waals surface area contributed by atoms with Crippen molar-refractivity contribution in [1.82, 2.24) is 4.98 Å². The molecule has 0 amide bonds. The molecule has 0 spiro atoms. The number of carboxylic acid groups (broad SMARTS) is 1. The van der Waals surface area contributed by atoms with Crippen molar-refractivity contribution in [2.24, 2.45) is 0 Å². The summed E-state index contributed by atoms with van der Waals surface area (Å²) in [6, 6.07) is 7.08. The highest BCUT2D eigenvalue weighted by atomic mass is 35.5. The van der Waals surface area contributed by atoms with Gasteiger partial charge in [-0.3, -0.25) is 4.79 Å². The van der Waals surface area contributed by atoms with Crippen molar-refractivity contribution in [3.8, 4) is 28.5 Å². The maximum atomic E-state index is 11.5. The van der Waals surface area contributed by atoms with Crippen LogP contribution in [0.15, 0.2) is 24.3 Å². The fourth-order valence-electron chi connectivity index (χ4n) is 3.22. The van der Waals surface area contributed by atoms with E-state index in [0.717, 1.165) is 16.5 Å². The molecule has 0 fully saturated rings. The van der Waals surface area contributed by atoms with Crippen molar-refractivity contribution in [2.45, 2.75) is 13.3 Å². The van der Waals surface area contributed by atoms with Crippen LogP contribution in [-0.2, 0) is 11.2 Å². The zero-order chi connectivity index (χ0) is 19.7. The average molecular weight is 390 g/mol. The van der Waals surface area contributed by atoms with Gasteiger partial charge in [-0.05, 0) is 30.2 Å². The molecular weight excluding hydrogens is 370 g/mol. The highest BCUT2D eigenvalue weighted by Crippen LogP contribution is 2.43. The van der Waals surface area contributed by atoms with E-state index in [0.29, 0.717) is 39.1 Å². The van der Waals surface area contributed by atoms with Gasteiger partial charge in [0.1, 0.15) is 5.75 Å². The molecule has 0 bridgehead atoms. The molecule has 27 heavy (non-hydrogen) atoms. The topological polar surface area (TPSA) is 80.8 Å². The number of hydrogen-bond acceptors (Lipinski definition) is 4. The second-order valence-corrected chi connectivity index (χ2v) is 6.46. The van der Waals surface area contributed by atoms with Gasteiger partial charge in [0.05, 0.1) is 39.0 Å². The quantitative estimate of drug-likeness (QED) is 0.651. The minimum Gasteiger partial charge on any atom is -0.496 e. The second-order valence-electron chi connectivity index (χ2n) is 6.05. The maximum Gasteiger partial charge on any atom is 0.307 e. The van der Waals surface area contributed by atoms with Crippen LogP contribution in [0.5, 0.6) is 17.2 Å². The van der Waals surface area contributed by atoms with Crippen LogP contribution in [-0.4, -0.2) is 37.4 Å². The van der Waals surface area contributed by atoms with E-state index in [4.69, 9.17) is 25.8 Å². The first-order chi connectivity index (χ1) is 12.9. The summed E-state index contributed by atoms with van der Waals surface area (Å²) in [6.07, 6.45) is -0.145. The number of fused-ring (bicyclic) bond motifs is 1. The molecule has 1 heterocycles. The number of H-pyrrole nitrogens is 1. The monoisotopic (exact) mass is 389 g/mol. The number of benzene rings is 2. The molecule has 0 aliphatic rings. The number of rotatable bonds is 6. The molecule has 0 radical (unpaired) electrons. The maximum absolute atomic E-state index is 11.5. The van der Waals surface area contributed by atoms with Crippen molar-refractivity contribution in [3.05, 3.63) is 40.4 Å². The van der Waals surface area contributed by atoms with Crippen LogP contribution in [0.1, 0.15) is 11.1 Å².